The third kappa shape index (κ3) is 6.83. The molecule has 1 aromatic heterocycles. The summed E-state index contributed by atoms with van der Waals surface area (Å²) in [5.74, 6) is -2.15. The molecule has 1 heterocycles. The van der Waals surface area contributed by atoms with Gasteiger partial charge in [0.2, 0.25) is 0 Å². The molecule has 0 aliphatic carbocycles. The topological polar surface area (TPSA) is 64.4 Å². The zero-order valence-corrected chi connectivity index (χ0v) is 17.7. The molecular formula is C23H24F4N2O3. The Bertz CT molecular complexity index is 1030. The largest absolute Gasteiger partial charge is 0.496 e. The number of halogens is 4. The highest BCUT2D eigenvalue weighted by molar-refractivity contribution is 5.73. The molecule has 0 aliphatic heterocycles. The molecule has 0 saturated carbocycles. The number of ether oxygens (including phenoxy) is 1. The number of hydrogen-bond donors (Lipinski definition) is 1. The molecule has 2 aromatic carbocycles. The summed E-state index contributed by atoms with van der Waals surface area (Å²) < 4.78 is 52.9. The number of alkyl halides is 3. The van der Waals surface area contributed by atoms with E-state index in [0.717, 1.165) is 47.5 Å². The molecule has 0 amide bonds. The molecule has 0 atom stereocenters. The molecule has 9 heteroatoms. The van der Waals surface area contributed by atoms with Crippen LogP contribution in [-0.2, 0) is 17.8 Å². The predicted octanol–water partition coefficient (Wildman–Crippen LogP) is 5.72. The van der Waals surface area contributed by atoms with E-state index in [1.165, 1.54) is 6.07 Å². The molecule has 1 N–H and O–H groups in total. The Labute approximate surface area is 183 Å². The second kappa shape index (κ2) is 11.3. The highest BCUT2D eigenvalue weighted by atomic mass is 19.4. The van der Waals surface area contributed by atoms with E-state index in [9.17, 15) is 17.6 Å². The highest BCUT2D eigenvalue weighted by Crippen LogP contribution is 2.32. The summed E-state index contributed by atoms with van der Waals surface area (Å²) in [4.78, 5) is 13.6. The number of aromatic nitrogens is 2. The number of hydrogen-bond acceptors (Lipinski definition) is 3. The Hall–Kier alpha value is -3.36. The summed E-state index contributed by atoms with van der Waals surface area (Å²) in [5, 5.41) is 7.12. The minimum absolute atomic E-state index is 0.210. The summed E-state index contributed by atoms with van der Waals surface area (Å²) in [6.07, 6.45) is -0.121. The standard InChI is InChI=1S/C21H23FN2O.C2HF3O2/c1-3-4-11-19-21(18-10-5-6-12-20(18)25-2)23-15-24(19)14-16-8-7-9-17(22)13-16;3-2(4,5)1(6)7/h5-10,12-13,15H,3-4,11,14H2,1-2H3;(H,6,7). The molecular weight excluding hydrogens is 428 g/mol. The lowest BCUT2D eigenvalue weighted by Gasteiger charge is -2.12. The van der Waals surface area contributed by atoms with Crippen molar-refractivity contribution in [1.29, 1.82) is 0 Å². The average Bonchev–Trinajstić information content (AvgIpc) is 3.14. The fourth-order valence-corrected chi connectivity index (χ4v) is 3.05. The van der Waals surface area contributed by atoms with Gasteiger partial charge in [0.1, 0.15) is 11.6 Å². The molecule has 0 spiro atoms. The second-order valence-electron chi connectivity index (χ2n) is 6.90. The zero-order chi connectivity index (χ0) is 23.7. The van der Waals surface area contributed by atoms with Crippen molar-refractivity contribution in [3.8, 4) is 17.0 Å². The maximum absolute atomic E-state index is 13.5. The Kier molecular flexibility index (Phi) is 8.80. The number of carboxylic acid groups (broad SMARTS) is 1. The number of imidazole rings is 1. The quantitative estimate of drug-likeness (QED) is 0.466. The van der Waals surface area contributed by atoms with Gasteiger partial charge in [-0.25, -0.2) is 14.2 Å². The van der Waals surface area contributed by atoms with E-state index < -0.39 is 12.1 Å². The van der Waals surface area contributed by atoms with Crippen LogP contribution in [0, 0.1) is 5.82 Å². The summed E-state index contributed by atoms with van der Waals surface area (Å²) in [5.41, 5.74) is 4.04. The van der Waals surface area contributed by atoms with E-state index in [-0.39, 0.29) is 5.82 Å². The minimum atomic E-state index is -5.08. The van der Waals surface area contributed by atoms with Gasteiger partial charge in [-0.2, -0.15) is 13.2 Å². The molecule has 0 bridgehead atoms. The smallest absolute Gasteiger partial charge is 0.490 e. The van der Waals surface area contributed by atoms with Crippen LogP contribution in [0.3, 0.4) is 0 Å². The average molecular weight is 452 g/mol. The van der Waals surface area contributed by atoms with Gasteiger partial charge in [0.15, 0.2) is 0 Å². The molecule has 0 unspecified atom stereocenters. The van der Waals surface area contributed by atoms with Gasteiger partial charge in [-0.15, -0.1) is 0 Å². The first-order valence-electron chi connectivity index (χ1n) is 9.89. The fourth-order valence-electron chi connectivity index (χ4n) is 3.05. The Morgan fingerprint density at radius 3 is 2.44 bits per heavy atom. The maximum atomic E-state index is 13.5. The SMILES string of the molecule is CCCCc1c(-c2ccccc2OC)ncn1Cc1cccc(F)c1.O=C(O)C(F)(F)F. The molecule has 172 valence electrons. The predicted molar refractivity (Wildman–Crippen MR) is 112 cm³/mol. The molecule has 0 saturated heterocycles. The van der Waals surface area contributed by atoms with Gasteiger partial charge in [0, 0.05) is 17.8 Å². The monoisotopic (exact) mass is 452 g/mol. The van der Waals surface area contributed by atoms with Crippen molar-refractivity contribution in [3.63, 3.8) is 0 Å². The molecule has 0 fully saturated rings. The number of unbranched alkanes of at least 4 members (excludes halogenated alkanes) is 1. The van der Waals surface area contributed by atoms with Gasteiger partial charge in [0.05, 0.1) is 19.1 Å². The first-order valence-corrected chi connectivity index (χ1v) is 9.89. The van der Waals surface area contributed by atoms with Gasteiger partial charge in [-0.1, -0.05) is 37.6 Å². The number of aliphatic carboxylic acids is 1. The number of carboxylic acids is 1. The van der Waals surface area contributed by atoms with E-state index >= 15 is 0 Å². The van der Waals surface area contributed by atoms with Gasteiger partial charge in [0.25, 0.3) is 0 Å². The third-order valence-electron chi connectivity index (χ3n) is 4.56. The Morgan fingerprint density at radius 1 is 1.16 bits per heavy atom. The lowest BCUT2D eigenvalue weighted by Crippen LogP contribution is -2.21. The molecule has 32 heavy (non-hydrogen) atoms. The third-order valence-corrected chi connectivity index (χ3v) is 4.56. The van der Waals surface area contributed by atoms with Crippen LogP contribution in [0.2, 0.25) is 0 Å². The number of nitrogens with zero attached hydrogens (tertiary/aromatic N) is 2. The fraction of sp³-hybridized carbons (Fsp3) is 0.304. The highest BCUT2D eigenvalue weighted by Gasteiger charge is 2.38. The first-order chi connectivity index (χ1) is 15.2. The van der Waals surface area contributed by atoms with Crippen LogP contribution in [0.5, 0.6) is 5.75 Å². The van der Waals surface area contributed by atoms with Crippen molar-refractivity contribution in [3.05, 3.63) is 71.9 Å². The van der Waals surface area contributed by atoms with Crippen molar-refractivity contribution in [2.75, 3.05) is 7.11 Å². The van der Waals surface area contributed by atoms with Crippen LogP contribution in [0.15, 0.2) is 54.9 Å². The maximum Gasteiger partial charge on any atom is 0.490 e. The van der Waals surface area contributed by atoms with Crippen LogP contribution in [0.25, 0.3) is 11.3 Å². The van der Waals surface area contributed by atoms with Gasteiger partial charge < -0.3 is 14.4 Å². The van der Waals surface area contributed by atoms with Gasteiger partial charge in [-0.3, -0.25) is 0 Å². The van der Waals surface area contributed by atoms with Crippen LogP contribution in [0.4, 0.5) is 17.6 Å². The van der Waals surface area contributed by atoms with Crippen LogP contribution < -0.4 is 4.74 Å². The summed E-state index contributed by atoms with van der Waals surface area (Å²) in [7, 11) is 1.67. The van der Waals surface area contributed by atoms with E-state index in [2.05, 4.69) is 16.5 Å². The molecule has 3 rings (SSSR count). The van der Waals surface area contributed by atoms with Crippen molar-refractivity contribution < 1.29 is 32.2 Å². The minimum Gasteiger partial charge on any atom is -0.496 e. The van der Waals surface area contributed by atoms with E-state index in [0.29, 0.717) is 6.54 Å². The number of methoxy groups -OCH3 is 1. The Balaban J connectivity index is 0.000000451. The Morgan fingerprint density at radius 2 is 1.84 bits per heavy atom. The number of para-hydroxylation sites is 1. The number of rotatable bonds is 7. The summed E-state index contributed by atoms with van der Waals surface area (Å²) in [6, 6.07) is 14.7. The van der Waals surface area contributed by atoms with Crippen molar-refractivity contribution in [1.82, 2.24) is 9.55 Å². The molecule has 0 radical (unpaired) electrons. The van der Waals surface area contributed by atoms with Crippen LogP contribution in [0.1, 0.15) is 31.0 Å². The van der Waals surface area contributed by atoms with Crippen LogP contribution >= 0.6 is 0 Å². The van der Waals surface area contributed by atoms with Gasteiger partial charge in [-0.05, 0) is 42.7 Å². The lowest BCUT2D eigenvalue weighted by molar-refractivity contribution is -0.192. The van der Waals surface area contributed by atoms with Crippen molar-refractivity contribution in [2.45, 2.75) is 38.9 Å². The number of carbonyl (C=O) groups is 1. The van der Waals surface area contributed by atoms with E-state index in [1.807, 2.05) is 36.7 Å². The summed E-state index contributed by atoms with van der Waals surface area (Å²) >= 11 is 0. The van der Waals surface area contributed by atoms with E-state index in [4.69, 9.17) is 14.6 Å². The number of benzene rings is 2. The van der Waals surface area contributed by atoms with Crippen molar-refractivity contribution in [2.24, 2.45) is 0 Å². The van der Waals surface area contributed by atoms with Crippen molar-refractivity contribution >= 4 is 5.97 Å². The molecule has 5 nitrogen and oxygen atoms in total. The first kappa shape index (κ1) is 24.9. The van der Waals surface area contributed by atoms with Gasteiger partial charge >= 0.3 is 12.1 Å². The lowest BCUT2D eigenvalue weighted by atomic mass is 10.1. The zero-order valence-electron chi connectivity index (χ0n) is 17.7. The summed E-state index contributed by atoms with van der Waals surface area (Å²) in [6.45, 7) is 2.79. The molecule has 0 aliphatic rings. The normalized spacial score (nSPS) is 10.9. The second-order valence-corrected chi connectivity index (χ2v) is 6.90. The molecule has 3 aromatic rings. The van der Waals surface area contributed by atoms with Crippen LogP contribution in [-0.4, -0.2) is 33.9 Å². The van der Waals surface area contributed by atoms with E-state index in [1.54, 1.807) is 19.2 Å².